The number of hydrogen-bond acceptors (Lipinski definition) is 6. The third-order valence-electron chi connectivity index (χ3n) is 4.88. The lowest BCUT2D eigenvalue weighted by Crippen LogP contribution is -2.15. The number of thioether (sulfide) groups is 1. The van der Waals surface area contributed by atoms with Crippen molar-refractivity contribution in [1.29, 1.82) is 0 Å². The number of amides is 1. The van der Waals surface area contributed by atoms with Crippen LogP contribution in [0.15, 0.2) is 71.9 Å². The maximum atomic E-state index is 14.0. The van der Waals surface area contributed by atoms with E-state index in [1.165, 1.54) is 11.8 Å². The number of nitro groups is 1. The number of hydrogen-bond donors (Lipinski definition) is 1. The monoisotopic (exact) mass is 447 g/mol. The number of nitrogens with one attached hydrogen (secondary N) is 1. The van der Waals surface area contributed by atoms with E-state index in [9.17, 15) is 19.3 Å². The van der Waals surface area contributed by atoms with Gasteiger partial charge in [0.1, 0.15) is 11.5 Å². The minimum Gasteiger partial charge on any atom is -0.323 e. The zero-order chi connectivity index (χ0) is 22.2. The number of imidazole rings is 1. The van der Waals surface area contributed by atoms with Gasteiger partial charge in [0.2, 0.25) is 5.91 Å². The van der Waals surface area contributed by atoms with Crippen molar-refractivity contribution in [3.63, 3.8) is 0 Å². The maximum absolute atomic E-state index is 14.0. The summed E-state index contributed by atoms with van der Waals surface area (Å²) in [5.41, 5.74) is 2.57. The molecule has 3 aromatic carbocycles. The summed E-state index contributed by atoms with van der Waals surface area (Å²) in [4.78, 5) is 32.2. The van der Waals surface area contributed by atoms with Crippen LogP contribution in [0.3, 0.4) is 0 Å². The molecule has 1 amide bonds. The number of aromatic nitrogens is 3. The third-order valence-corrected chi connectivity index (χ3v) is 5.82. The van der Waals surface area contributed by atoms with Gasteiger partial charge in [-0.2, -0.15) is 0 Å². The molecule has 5 aromatic rings. The Morgan fingerprint density at radius 2 is 1.81 bits per heavy atom. The Morgan fingerprint density at radius 3 is 2.62 bits per heavy atom. The molecule has 1 N–H and O–H groups in total. The topological polar surface area (TPSA) is 102 Å². The van der Waals surface area contributed by atoms with Crippen LogP contribution in [0.1, 0.15) is 0 Å². The van der Waals surface area contributed by atoms with Crippen LogP contribution in [0.4, 0.5) is 15.8 Å². The largest absolute Gasteiger partial charge is 0.323 e. The summed E-state index contributed by atoms with van der Waals surface area (Å²) in [5, 5.41) is 14.8. The van der Waals surface area contributed by atoms with Crippen LogP contribution in [0.5, 0.6) is 0 Å². The summed E-state index contributed by atoms with van der Waals surface area (Å²) < 4.78 is 15.9. The number of para-hydroxylation sites is 3. The summed E-state index contributed by atoms with van der Waals surface area (Å²) in [5.74, 6) is -1.34. The standard InChI is InChI=1S/C22H14FN5O3S/c23-15-10-9-13(28(30)31)11-18(15)24-20(29)12-32-22-26-16-6-2-1-5-14(16)21-25-17-7-3-4-8-19(17)27(21)22/h1-11H,12H2,(H,24,29). The summed E-state index contributed by atoms with van der Waals surface area (Å²) in [6.07, 6.45) is 0. The van der Waals surface area contributed by atoms with E-state index in [4.69, 9.17) is 9.97 Å². The lowest BCUT2D eigenvalue weighted by Gasteiger charge is -2.09. The molecule has 32 heavy (non-hydrogen) atoms. The van der Waals surface area contributed by atoms with Gasteiger partial charge in [-0.3, -0.25) is 19.3 Å². The molecule has 0 aliphatic heterocycles. The van der Waals surface area contributed by atoms with Gasteiger partial charge in [0.05, 0.1) is 32.9 Å². The lowest BCUT2D eigenvalue weighted by molar-refractivity contribution is -0.384. The van der Waals surface area contributed by atoms with Crippen molar-refractivity contribution in [2.75, 3.05) is 11.1 Å². The number of nitro benzene ring substituents is 1. The molecule has 0 spiro atoms. The van der Waals surface area contributed by atoms with E-state index in [-0.39, 0.29) is 17.1 Å². The molecule has 0 aliphatic rings. The fourth-order valence-corrected chi connectivity index (χ4v) is 4.26. The third kappa shape index (κ3) is 3.50. The highest BCUT2D eigenvalue weighted by Gasteiger charge is 2.17. The first-order valence-corrected chi connectivity index (χ1v) is 10.5. The molecule has 10 heteroatoms. The second-order valence-corrected chi connectivity index (χ2v) is 7.87. The molecule has 0 saturated carbocycles. The zero-order valence-electron chi connectivity index (χ0n) is 16.4. The fraction of sp³-hybridized carbons (Fsp3) is 0.0455. The van der Waals surface area contributed by atoms with Crippen LogP contribution in [0, 0.1) is 15.9 Å². The van der Waals surface area contributed by atoms with Crippen LogP contribution in [0.25, 0.3) is 27.6 Å². The average Bonchev–Trinajstić information content (AvgIpc) is 3.19. The van der Waals surface area contributed by atoms with Gasteiger partial charge in [-0.15, -0.1) is 0 Å². The minimum atomic E-state index is -0.749. The number of nitrogens with zero attached hydrogens (tertiary/aromatic N) is 4. The van der Waals surface area contributed by atoms with E-state index < -0.39 is 16.6 Å². The van der Waals surface area contributed by atoms with E-state index in [0.29, 0.717) is 5.16 Å². The van der Waals surface area contributed by atoms with Gasteiger partial charge in [-0.1, -0.05) is 36.0 Å². The second-order valence-electron chi connectivity index (χ2n) is 6.93. The molecule has 0 aliphatic carbocycles. The van der Waals surface area contributed by atoms with Gasteiger partial charge in [-0.05, 0) is 30.3 Å². The van der Waals surface area contributed by atoms with Crippen molar-refractivity contribution in [3.8, 4) is 0 Å². The summed E-state index contributed by atoms with van der Waals surface area (Å²) in [6, 6.07) is 18.2. The van der Waals surface area contributed by atoms with E-state index in [1.54, 1.807) is 0 Å². The van der Waals surface area contributed by atoms with E-state index in [0.717, 1.165) is 45.8 Å². The van der Waals surface area contributed by atoms with Gasteiger partial charge in [0.15, 0.2) is 5.16 Å². The number of carbonyl (C=O) groups is 1. The van der Waals surface area contributed by atoms with Gasteiger partial charge in [0, 0.05) is 17.5 Å². The van der Waals surface area contributed by atoms with E-state index >= 15 is 0 Å². The van der Waals surface area contributed by atoms with E-state index in [1.807, 2.05) is 52.9 Å². The van der Waals surface area contributed by atoms with Crippen LogP contribution in [-0.2, 0) is 4.79 Å². The van der Waals surface area contributed by atoms with Crippen LogP contribution >= 0.6 is 11.8 Å². The Balaban J connectivity index is 1.48. The highest BCUT2D eigenvalue weighted by Crippen LogP contribution is 2.29. The quantitative estimate of drug-likeness (QED) is 0.179. The number of anilines is 1. The van der Waals surface area contributed by atoms with Crippen LogP contribution in [0.2, 0.25) is 0 Å². The normalized spacial score (nSPS) is 11.3. The van der Waals surface area contributed by atoms with Crippen LogP contribution in [-0.4, -0.2) is 31.0 Å². The first kappa shape index (κ1) is 19.9. The summed E-state index contributed by atoms with van der Waals surface area (Å²) in [6.45, 7) is 0. The van der Waals surface area contributed by atoms with Crippen molar-refractivity contribution in [2.24, 2.45) is 0 Å². The van der Waals surface area contributed by atoms with Crippen molar-refractivity contribution in [1.82, 2.24) is 14.4 Å². The number of benzene rings is 3. The molecule has 2 heterocycles. The average molecular weight is 447 g/mol. The van der Waals surface area contributed by atoms with E-state index in [2.05, 4.69) is 5.32 Å². The molecule has 0 unspecified atom stereocenters. The second kappa shape index (κ2) is 7.89. The molecule has 2 aromatic heterocycles. The Labute approximate surface area is 184 Å². The predicted molar refractivity (Wildman–Crippen MR) is 120 cm³/mol. The van der Waals surface area contributed by atoms with Crippen LogP contribution < -0.4 is 5.32 Å². The lowest BCUT2D eigenvalue weighted by atomic mass is 10.2. The van der Waals surface area contributed by atoms with Crippen molar-refractivity contribution >= 4 is 56.6 Å². The van der Waals surface area contributed by atoms with Crippen molar-refractivity contribution in [3.05, 3.63) is 82.7 Å². The number of halogens is 1. The highest BCUT2D eigenvalue weighted by atomic mass is 32.2. The van der Waals surface area contributed by atoms with Gasteiger partial charge >= 0.3 is 0 Å². The maximum Gasteiger partial charge on any atom is 0.271 e. The van der Waals surface area contributed by atoms with Crippen molar-refractivity contribution in [2.45, 2.75) is 5.16 Å². The molecule has 0 saturated heterocycles. The predicted octanol–water partition coefficient (Wildman–Crippen LogP) is 4.81. The SMILES string of the molecule is O=C(CSc1nc2ccccc2c2nc3ccccc3n12)Nc1cc([N+](=O)[O-])ccc1F. The Kier molecular flexibility index (Phi) is 4.91. The molecule has 0 fully saturated rings. The molecule has 0 atom stereocenters. The first-order chi connectivity index (χ1) is 15.5. The summed E-state index contributed by atoms with van der Waals surface area (Å²) in [7, 11) is 0. The minimum absolute atomic E-state index is 0.0743. The number of non-ortho nitro benzene ring substituents is 1. The Hall–Kier alpha value is -4.05. The number of fused-ring (bicyclic) bond motifs is 5. The van der Waals surface area contributed by atoms with Gasteiger partial charge < -0.3 is 5.32 Å². The molecule has 8 nitrogen and oxygen atoms in total. The smallest absolute Gasteiger partial charge is 0.271 e. The molecule has 0 bridgehead atoms. The fourth-order valence-electron chi connectivity index (χ4n) is 3.45. The molecular weight excluding hydrogens is 433 g/mol. The molecule has 5 rings (SSSR count). The molecule has 0 radical (unpaired) electrons. The Morgan fingerprint density at radius 1 is 1.06 bits per heavy atom. The summed E-state index contributed by atoms with van der Waals surface area (Å²) >= 11 is 1.17. The molecule has 158 valence electrons. The molecular formula is C22H14FN5O3S. The zero-order valence-corrected chi connectivity index (χ0v) is 17.2. The van der Waals surface area contributed by atoms with Crippen molar-refractivity contribution < 1.29 is 14.1 Å². The number of carbonyl (C=O) groups excluding carboxylic acids is 1. The Bertz CT molecular complexity index is 1530. The first-order valence-electron chi connectivity index (χ1n) is 9.54. The van der Waals surface area contributed by atoms with Gasteiger partial charge in [0.25, 0.3) is 5.69 Å². The van der Waals surface area contributed by atoms with Gasteiger partial charge in [-0.25, -0.2) is 14.4 Å². The highest BCUT2D eigenvalue weighted by molar-refractivity contribution is 7.99. The number of rotatable bonds is 5.